The van der Waals surface area contributed by atoms with Gasteiger partial charge < -0.3 is 4.90 Å². The fourth-order valence-electron chi connectivity index (χ4n) is 5.46. The highest BCUT2D eigenvalue weighted by Crippen LogP contribution is 2.45. The number of pyridine rings is 1. The average Bonchev–Trinajstić information content (AvgIpc) is 3.40. The fraction of sp³-hybridized carbons (Fsp3) is 0.292. The molecule has 0 spiro atoms. The van der Waals surface area contributed by atoms with Crippen molar-refractivity contribution in [3.8, 4) is 11.3 Å². The Kier molecular flexibility index (Phi) is 4.36. The molecule has 0 saturated carbocycles. The molecule has 168 valence electrons. The van der Waals surface area contributed by atoms with Crippen LogP contribution < -0.4 is 0 Å². The first-order chi connectivity index (χ1) is 15.9. The summed E-state index contributed by atoms with van der Waals surface area (Å²) in [6.07, 6.45) is 6.47. The number of halogens is 3. The number of hydrogen-bond donors (Lipinski definition) is 0. The molecule has 6 nitrogen and oxygen atoms in total. The molecular weight excluding hydrogens is 431 g/mol. The lowest BCUT2D eigenvalue weighted by Crippen LogP contribution is -2.50. The second-order valence-electron chi connectivity index (χ2n) is 8.67. The molecule has 2 aliphatic rings. The van der Waals surface area contributed by atoms with Gasteiger partial charge in [-0.15, -0.1) is 0 Å². The van der Waals surface area contributed by atoms with Gasteiger partial charge in [0.2, 0.25) is 0 Å². The summed E-state index contributed by atoms with van der Waals surface area (Å²) in [5.41, 5.74) is 3.63. The lowest BCUT2D eigenvalue weighted by molar-refractivity contribution is 0.0384. The van der Waals surface area contributed by atoms with Crippen LogP contribution in [0.4, 0.5) is 13.2 Å². The number of amides is 1. The van der Waals surface area contributed by atoms with Crippen LogP contribution in [0.5, 0.6) is 0 Å². The molecule has 4 aromatic rings. The van der Waals surface area contributed by atoms with E-state index >= 15 is 0 Å². The largest absolute Gasteiger partial charge is 0.325 e. The highest BCUT2D eigenvalue weighted by atomic mass is 19.2. The quantitative estimate of drug-likeness (QED) is 0.424. The van der Waals surface area contributed by atoms with Crippen molar-refractivity contribution in [1.82, 2.24) is 24.1 Å². The van der Waals surface area contributed by atoms with E-state index < -0.39 is 17.5 Å². The summed E-state index contributed by atoms with van der Waals surface area (Å²) in [6, 6.07) is 7.14. The number of rotatable bonds is 2. The molecular formula is C24H20F3N5O. The van der Waals surface area contributed by atoms with Crippen molar-refractivity contribution in [2.24, 2.45) is 7.05 Å². The molecule has 0 aliphatic carbocycles. The van der Waals surface area contributed by atoms with Gasteiger partial charge in [-0.3, -0.25) is 13.9 Å². The summed E-state index contributed by atoms with van der Waals surface area (Å²) < 4.78 is 44.9. The zero-order valence-corrected chi connectivity index (χ0v) is 17.8. The number of imidazole rings is 1. The molecule has 2 aliphatic heterocycles. The number of aryl methyl sites for hydroxylation is 1. The summed E-state index contributed by atoms with van der Waals surface area (Å²) in [6.45, 7) is 0. The van der Waals surface area contributed by atoms with E-state index in [-0.39, 0.29) is 23.6 Å². The number of nitrogens with zero attached hydrogens (tertiary/aromatic N) is 5. The predicted octanol–water partition coefficient (Wildman–Crippen LogP) is 4.44. The minimum atomic E-state index is -1.49. The minimum Gasteiger partial charge on any atom is -0.325 e. The number of benzene rings is 1. The van der Waals surface area contributed by atoms with Gasteiger partial charge in [0.05, 0.1) is 17.4 Å². The molecule has 6 rings (SSSR count). The van der Waals surface area contributed by atoms with E-state index in [1.807, 2.05) is 17.0 Å². The van der Waals surface area contributed by atoms with E-state index in [9.17, 15) is 18.0 Å². The third-order valence-corrected chi connectivity index (χ3v) is 6.82. The molecule has 9 heteroatoms. The Balaban J connectivity index is 1.46. The Hall–Kier alpha value is -3.62. The van der Waals surface area contributed by atoms with Gasteiger partial charge in [-0.1, -0.05) is 6.07 Å². The van der Waals surface area contributed by atoms with Gasteiger partial charge in [-0.2, -0.15) is 5.10 Å². The maximum atomic E-state index is 14.0. The van der Waals surface area contributed by atoms with Crippen molar-refractivity contribution in [3.63, 3.8) is 0 Å². The van der Waals surface area contributed by atoms with E-state index in [2.05, 4.69) is 10.1 Å². The monoisotopic (exact) mass is 451 g/mol. The maximum absolute atomic E-state index is 14.0. The van der Waals surface area contributed by atoms with E-state index in [4.69, 9.17) is 0 Å². The molecule has 1 amide bonds. The molecule has 2 atom stereocenters. The second kappa shape index (κ2) is 7.19. The predicted molar refractivity (Wildman–Crippen MR) is 114 cm³/mol. The highest BCUT2D eigenvalue weighted by molar-refractivity contribution is 5.94. The molecule has 0 radical (unpaired) electrons. The van der Waals surface area contributed by atoms with Crippen molar-refractivity contribution >= 4 is 11.6 Å². The van der Waals surface area contributed by atoms with Gasteiger partial charge in [-0.25, -0.2) is 18.2 Å². The number of fused-ring (bicyclic) bond motifs is 5. The zero-order chi connectivity index (χ0) is 22.9. The number of hydrogen-bond acceptors (Lipinski definition) is 3. The Bertz CT molecular complexity index is 1400. The first-order valence-corrected chi connectivity index (χ1v) is 10.9. The maximum Gasteiger partial charge on any atom is 0.271 e. The van der Waals surface area contributed by atoms with Gasteiger partial charge in [0.15, 0.2) is 17.5 Å². The van der Waals surface area contributed by atoms with E-state index in [1.54, 1.807) is 34.6 Å². The van der Waals surface area contributed by atoms with Crippen molar-refractivity contribution in [1.29, 1.82) is 0 Å². The van der Waals surface area contributed by atoms with Crippen LogP contribution in [0, 0.1) is 17.5 Å². The summed E-state index contributed by atoms with van der Waals surface area (Å²) >= 11 is 0. The first-order valence-electron chi connectivity index (χ1n) is 10.9. The zero-order valence-electron chi connectivity index (χ0n) is 17.8. The Morgan fingerprint density at radius 1 is 1.12 bits per heavy atom. The molecule has 1 aromatic carbocycles. The van der Waals surface area contributed by atoms with E-state index in [0.717, 1.165) is 42.7 Å². The fourth-order valence-corrected chi connectivity index (χ4v) is 5.46. The molecule has 1 fully saturated rings. The van der Waals surface area contributed by atoms with E-state index in [1.165, 1.54) is 0 Å². The van der Waals surface area contributed by atoms with Crippen LogP contribution in [0.2, 0.25) is 0 Å². The van der Waals surface area contributed by atoms with Crippen molar-refractivity contribution in [2.75, 3.05) is 0 Å². The molecule has 33 heavy (non-hydrogen) atoms. The molecule has 2 bridgehead atoms. The first kappa shape index (κ1) is 20.0. The molecule has 0 N–H and O–H groups in total. The second-order valence-corrected chi connectivity index (χ2v) is 8.67. The van der Waals surface area contributed by atoms with Crippen LogP contribution in [-0.2, 0) is 13.5 Å². The minimum absolute atomic E-state index is 0.0689. The highest BCUT2D eigenvalue weighted by Gasteiger charge is 2.44. The van der Waals surface area contributed by atoms with Crippen molar-refractivity contribution in [2.45, 2.75) is 37.8 Å². The third-order valence-electron chi connectivity index (χ3n) is 6.82. The number of carbonyl (C=O) groups is 1. The smallest absolute Gasteiger partial charge is 0.271 e. The summed E-state index contributed by atoms with van der Waals surface area (Å²) in [5, 5.41) is 4.67. The van der Waals surface area contributed by atoms with Crippen molar-refractivity contribution in [3.05, 3.63) is 77.1 Å². The molecule has 5 heterocycles. The Morgan fingerprint density at radius 2 is 1.91 bits per heavy atom. The van der Waals surface area contributed by atoms with Crippen molar-refractivity contribution < 1.29 is 18.0 Å². The summed E-state index contributed by atoms with van der Waals surface area (Å²) in [4.78, 5) is 19.9. The topological polar surface area (TPSA) is 55.4 Å². The third kappa shape index (κ3) is 2.91. The van der Waals surface area contributed by atoms with Crippen LogP contribution in [0.3, 0.4) is 0 Å². The van der Waals surface area contributed by atoms with Crippen LogP contribution in [-0.4, -0.2) is 36.0 Å². The van der Waals surface area contributed by atoms with Crippen LogP contribution in [0.1, 0.15) is 47.1 Å². The Labute approximate surface area is 187 Å². The molecule has 0 unspecified atom stereocenters. The summed E-state index contributed by atoms with van der Waals surface area (Å²) in [7, 11) is 1.70. The SMILES string of the molecule is Cn1nc2c(c1-c1cc(F)c(F)c(F)c1)C[C@@H]1CCC[C@H]2N1C(=O)c1cccc2nccn12. The average molecular weight is 451 g/mol. The van der Waals surface area contributed by atoms with Gasteiger partial charge in [0.1, 0.15) is 11.3 Å². The normalized spacial score (nSPS) is 19.7. The molecule has 3 aromatic heterocycles. The lowest BCUT2D eigenvalue weighted by Gasteiger charge is -2.45. The van der Waals surface area contributed by atoms with Gasteiger partial charge >= 0.3 is 0 Å². The van der Waals surface area contributed by atoms with Gasteiger partial charge in [-0.05, 0) is 49.9 Å². The van der Waals surface area contributed by atoms with Crippen LogP contribution in [0.15, 0.2) is 42.7 Å². The van der Waals surface area contributed by atoms with Crippen LogP contribution >= 0.6 is 0 Å². The molecule has 1 saturated heterocycles. The van der Waals surface area contributed by atoms with Crippen LogP contribution in [0.25, 0.3) is 16.9 Å². The standard InChI is InChI=1S/C24H20F3N5O/c1-30-23(13-10-16(25)21(27)17(26)11-13)15-12-14-4-2-5-18(22(15)29-30)32(14)24(33)19-6-3-7-20-28-8-9-31(19)20/h3,6-11,14,18H,2,4-5,12H2,1H3/t14-,18+/m0/s1. The lowest BCUT2D eigenvalue weighted by atomic mass is 9.81. The summed E-state index contributed by atoms with van der Waals surface area (Å²) in [5.74, 6) is -4.05. The number of piperidine rings is 1. The van der Waals surface area contributed by atoms with E-state index in [0.29, 0.717) is 23.5 Å². The Morgan fingerprint density at radius 3 is 2.70 bits per heavy atom. The number of carbonyl (C=O) groups excluding carboxylic acids is 1. The van der Waals surface area contributed by atoms with Gasteiger partial charge in [0, 0.05) is 36.6 Å². The number of aromatic nitrogens is 4. The van der Waals surface area contributed by atoms with Gasteiger partial charge in [0.25, 0.3) is 5.91 Å².